The molecule has 1 heterocycles. The van der Waals surface area contributed by atoms with Crippen molar-refractivity contribution in [1.82, 2.24) is 10.2 Å². The molecule has 0 aromatic carbocycles. The van der Waals surface area contributed by atoms with E-state index < -0.39 is 0 Å². The Kier molecular flexibility index (Phi) is 4.45. The molecule has 5 heteroatoms. The van der Waals surface area contributed by atoms with Gasteiger partial charge in [-0.15, -0.1) is 0 Å². The molecule has 1 saturated heterocycles. The van der Waals surface area contributed by atoms with Crippen LogP contribution in [0.4, 0.5) is 0 Å². The number of carbonyl (C=O) groups is 2. The first-order valence-corrected chi connectivity index (χ1v) is 7.30. The summed E-state index contributed by atoms with van der Waals surface area (Å²) < 4.78 is 0. The third-order valence-corrected chi connectivity index (χ3v) is 4.46. The van der Waals surface area contributed by atoms with E-state index in [1.165, 1.54) is 6.92 Å². The summed E-state index contributed by atoms with van der Waals surface area (Å²) in [6.45, 7) is 3.88. The molecule has 0 aromatic rings. The van der Waals surface area contributed by atoms with Gasteiger partial charge in [0.25, 0.3) is 0 Å². The van der Waals surface area contributed by atoms with Gasteiger partial charge in [-0.3, -0.25) is 9.59 Å². The standard InChI is InChI=1S/C14H25N3O2/c1-11(18)16-10-12-3-7-17(8-4-12)13(19)9-14(15)5-2-6-14/h12H,2-10,15H2,1H3,(H,16,18). The smallest absolute Gasteiger partial charge is 0.224 e. The van der Waals surface area contributed by atoms with Crippen LogP contribution in [0.1, 0.15) is 45.4 Å². The van der Waals surface area contributed by atoms with E-state index in [1.807, 2.05) is 4.90 Å². The lowest BCUT2D eigenvalue weighted by Gasteiger charge is -2.40. The molecule has 3 N–H and O–H groups in total. The second kappa shape index (κ2) is 5.90. The van der Waals surface area contributed by atoms with E-state index in [0.717, 1.165) is 51.7 Å². The molecular weight excluding hydrogens is 242 g/mol. The molecule has 0 aromatic heterocycles. The minimum Gasteiger partial charge on any atom is -0.356 e. The molecule has 2 amide bonds. The summed E-state index contributed by atoms with van der Waals surface area (Å²) in [5, 5.41) is 2.85. The molecule has 108 valence electrons. The fourth-order valence-corrected chi connectivity index (χ4v) is 2.90. The Bertz CT molecular complexity index is 345. The van der Waals surface area contributed by atoms with Gasteiger partial charge in [-0.05, 0) is 38.0 Å². The maximum Gasteiger partial charge on any atom is 0.224 e. The SMILES string of the molecule is CC(=O)NCC1CCN(C(=O)CC2(N)CCC2)CC1. The number of carbonyl (C=O) groups excluding carboxylic acids is 2. The number of likely N-dealkylation sites (tertiary alicyclic amines) is 1. The Hall–Kier alpha value is -1.10. The Morgan fingerprint density at radius 2 is 1.95 bits per heavy atom. The molecule has 0 atom stereocenters. The van der Waals surface area contributed by atoms with Gasteiger partial charge in [-0.2, -0.15) is 0 Å². The summed E-state index contributed by atoms with van der Waals surface area (Å²) in [7, 11) is 0. The van der Waals surface area contributed by atoms with Crippen LogP contribution in [0, 0.1) is 5.92 Å². The maximum atomic E-state index is 12.2. The van der Waals surface area contributed by atoms with Crippen LogP contribution in [0.25, 0.3) is 0 Å². The van der Waals surface area contributed by atoms with Crippen molar-refractivity contribution in [2.24, 2.45) is 11.7 Å². The van der Waals surface area contributed by atoms with E-state index >= 15 is 0 Å². The highest BCUT2D eigenvalue weighted by Gasteiger charge is 2.36. The Balaban J connectivity index is 1.70. The largest absolute Gasteiger partial charge is 0.356 e. The highest BCUT2D eigenvalue weighted by Crippen LogP contribution is 2.33. The average molecular weight is 267 g/mol. The van der Waals surface area contributed by atoms with Crippen molar-refractivity contribution in [2.75, 3.05) is 19.6 Å². The van der Waals surface area contributed by atoms with Gasteiger partial charge in [0.05, 0.1) is 0 Å². The lowest BCUT2D eigenvalue weighted by atomic mass is 9.75. The second-order valence-corrected chi connectivity index (χ2v) is 6.15. The quantitative estimate of drug-likeness (QED) is 0.784. The molecule has 2 rings (SSSR count). The monoisotopic (exact) mass is 267 g/mol. The minimum atomic E-state index is -0.218. The van der Waals surface area contributed by atoms with Gasteiger partial charge in [0.2, 0.25) is 11.8 Å². The molecule has 1 aliphatic heterocycles. The molecule has 0 bridgehead atoms. The van der Waals surface area contributed by atoms with Gasteiger partial charge in [0.1, 0.15) is 0 Å². The van der Waals surface area contributed by atoms with Gasteiger partial charge >= 0.3 is 0 Å². The lowest BCUT2D eigenvalue weighted by Crippen LogP contribution is -2.51. The highest BCUT2D eigenvalue weighted by atomic mass is 16.2. The summed E-state index contributed by atoms with van der Waals surface area (Å²) in [5.74, 6) is 0.734. The molecule has 0 radical (unpaired) electrons. The molecule has 0 spiro atoms. The lowest BCUT2D eigenvalue weighted by molar-refractivity contribution is -0.134. The van der Waals surface area contributed by atoms with Gasteiger partial charge in [0.15, 0.2) is 0 Å². The van der Waals surface area contributed by atoms with E-state index in [4.69, 9.17) is 5.73 Å². The van der Waals surface area contributed by atoms with E-state index in [9.17, 15) is 9.59 Å². The van der Waals surface area contributed by atoms with Crippen LogP contribution in [-0.4, -0.2) is 41.9 Å². The number of nitrogens with zero attached hydrogens (tertiary/aromatic N) is 1. The fraction of sp³-hybridized carbons (Fsp3) is 0.857. The topological polar surface area (TPSA) is 75.4 Å². The van der Waals surface area contributed by atoms with Crippen molar-refractivity contribution < 1.29 is 9.59 Å². The minimum absolute atomic E-state index is 0.0218. The summed E-state index contributed by atoms with van der Waals surface area (Å²) >= 11 is 0. The number of hydrogen-bond acceptors (Lipinski definition) is 3. The van der Waals surface area contributed by atoms with E-state index in [0.29, 0.717) is 12.3 Å². The van der Waals surface area contributed by atoms with E-state index in [1.54, 1.807) is 0 Å². The zero-order valence-electron chi connectivity index (χ0n) is 11.8. The first kappa shape index (κ1) is 14.3. The van der Waals surface area contributed by atoms with Crippen LogP contribution in [0.3, 0.4) is 0 Å². The third kappa shape index (κ3) is 3.93. The van der Waals surface area contributed by atoms with E-state index in [-0.39, 0.29) is 17.4 Å². The van der Waals surface area contributed by atoms with Crippen LogP contribution < -0.4 is 11.1 Å². The number of nitrogens with one attached hydrogen (secondary N) is 1. The van der Waals surface area contributed by atoms with Crippen LogP contribution in [0.15, 0.2) is 0 Å². The highest BCUT2D eigenvalue weighted by molar-refractivity contribution is 5.77. The van der Waals surface area contributed by atoms with Crippen LogP contribution in [0.2, 0.25) is 0 Å². The molecule has 1 aliphatic carbocycles. The molecule has 0 unspecified atom stereocenters. The second-order valence-electron chi connectivity index (χ2n) is 6.15. The zero-order valence-corrected chi connectivity index (χ0v) is 11.8. The molecular formula is C14H25N3O2. The molecule has 2 fully saturated rings. The normalized spacial score (nSPS) is 22.7. The van der Waals surface area contributed by atoms with Gasteiger partial charge in [0, 0.05) is 38.5 Å². The molecule has 1 saturated carbocycles. The number of hydrogen-bond donors (Lipinski definition) is 2. The summed E-state index contributed by atoms with van der Waals surface area (Å²) in [4.78, 5) is 25.0. The summed E-state index contributed by atoms with van der Waals surface area (Å²) in [6.07, 6.45) is 5.58. The van der Waals surface area contributed by atoms with Crippen LogP contribution in [-0.2, 0) is 9.59 Å². The van der Waals surface area contributed by atoms with Crippen molar-refractivity contribution in [2.45, 2.75) is 51.0 Å². The number of rotatable bonds is 4. The Morgan fingerprint density at radius 3 is 2.42 bits per heavy atom. The Labute approximate surface area is 114 Å². The first-order valence-electron chi connectivity index (χ1n) is 7.30. The third-order valence-electron chi connectivity index (χ3n) is 4.46. The van der Waals surface area contributed by atoms with Crippen molar-refractivity contribution in [3.63, 3.8) is 0 Å². The fourth-order valence-electron chi connectivity index (χ4n) is 2.90. The molecule has 2 aliphatic rings. The van der Waals surface area contributed by atoms with Crippen molar-refractivity contribution in [3.8, 4) is 0 Å². The molecule has 19 heavy (non-hydrogen) atoms. The van der Waals surface area contributed by atoms with Gasteiger partial charge < -0.3 is 16.0 Å². The van der Waals surface area contributed by atoms with Gasteiger partial charge in [-0.1, -0.05) is 0 Å². The molecule has 5 nitrogen and oxygen atoms in total. The summed E-state index contributed by atoms with van der Waals surface area (Å²) in [5.41, 5.74) is 5.91. The average Bonchev–Trinajstić information content (AvgIpc) is 2.35. The zero-order chi connectivity index (χ0) is 13.9. The predicted molar refractivity (Wildman–Crippen MR) is 73.4 cm³/mol. The predicted octanol–water partition coefficient (Wildman–Crippen LogP) is 0.633. The van der Waals surface area contributed by atoms with Crippen molar-refractivity contribution in [1.29, 1.82) is 0 Å². The summed E-state index contributed by atoms with van der Waals surface area (Å²) in [6, 6.07) is 0. The van der Waals surface area contributed by atoms with Gasteiger partial charge in [-0.25, -0.2) is 0 Å². The van der Waals surface area contributed by atoms with Crippen LogP contribution >= 0.6 is 0 Å². The first-order chi connectivity index (χ1) is 8.98. The van der Waals surface area contributed by atoms with Crippen molar-refractivity contribution >= 4 is 11.8 Å². The number of nitrogens with two attached hydrogens (primary N) is 1. The van der Waals surface area contributed by atoms with E-state index in [2.05, 4.69) is 5.32 Å². The number of amides is 2. The maximum absolute atomic E-state index is 12.2. The van der Waals surface area contributed by atoms with Crippen molar-refractivity contribution in [3.05, 3.63) is 0 Å². The van der Waals surface area contributed by atoms with Crippen LogP contribution in [0.5, 0.6) is 0 Å². The number of piperidine rings is 1. The Morgan fingerprint density at radius 1 is 1.32 bits per heavy atom.